The van der Waals surface area contributed by atoms with Gasteiger partial charge in [-0.25, -0.2) is 4.98 Å². The van der Waals surface area contributed by atoms with Crippen LogP contribution >= 0.6 is 0 Å². The quantitative estimate of drug-likeness (QED) is 0.633. The molecular formula is C21H23N5O3. The largest absolute Gasteiger partial charge is 0.345 e. The molecule has 0 aliphatic heterocycles. The highest BCUT2D eigenvalue weighted by Gasteiger charge is 2.24. The van der Waals surface area contributed by atoms with Crippen molar-refractivity contribution in [1.82, 2.24) is 14.7 Å². The van der Waals surface area contributed by atoms with Crippen LogP contribution in [0.2, 0.25) is 0 Å². The minimum Gasteiger partial charge on any atom is -0.345 e. The molecule has 2 heterocycles. The van der Waals surface area contributed by atoms with Crippen molar-refractivity contribution in [2.45, 2.75) is 33.2 Å². The van der Waals surface area contributed by atoms with Crippen LogP contribution in [-0.2, 0) is 4.79 Å². The van der Waals surface area contributed by atoms with Gasteiger partial charge >= 0.3 is 0 Å². The Morgan fingerprint density at radius 3 is 2.28 bits per heavy atom. The molecule has 8 heteroatoms. The van der Waals surface area contributed by atoms with Gasteiger partial charge in [-0.3, -0.25) is 18.8 Å². The number of aromatic nitrogens is 2. The molecule has 3 amide bonds. The molecule has 0 atom stereocenters. The second kappa shape index (κ2) is 7.75. The van der Waals surface area contributed by atoms with Crippen LogP contribution in [0.25, 0.3) is 5.52 Å². The van der Waals surface area contributed by atoms with E-state index >= 15 is 0 Å². The van der Waals surface area contributed by atoms with Crippen LogP contribution in [0.15, 0.2) is 48.7 Å². The smallest absolute Gasteiger partial charge is 0.288 e. The molecule has 8 nitrogen and oxygen atoms in total. The Hall–Kier alpha value is -3.68. The molecule has 0 bridgehead atoms. The highest BCUT2D eigenvalue weighted by Crippen LogP contribution is 2.19. The molecule has 0 fully saturated rings. The number of fused-ring (bicyclic) bond motifs is 1. The summed E-state index contributed by atoms with van der Waals surface area (Å²) in [5, 5.41) is 8.29. The van der Waals surface area contributed by atoms with Gasteiger partial charge in [-0.1, -0.05) is 12.1 Å². The van der Waals surface area contributed by atoms with Gasteiger partial charge in [0.15, 0.2) is 5.69 Å². The van der Waals surface area contributed by atoms with Crippen molar-refractivity contribution in [3.05, 3.63) is 60.2 Å². The zero-order chi connectivity index (χ0) is 21.2. The summed E-state index contributed by atoms with van der Waals surface area (Å²) in [6.45, 7) is 7.02. The maximum atomic E-state index is 12.9. The van der Waals surface area contributed by atoms with E-state index in [-0.39, 0.29) is 23.3 Å². The molecule has 2 aromatic heterocycles. The molecule has 150 valence electrons. The summed E-state index contributed by atoms with van der Waals surface area (Å²) in [5.74, 6) is -0.898. The van der Waals surface area contributed by atoms with Crippen LogP contribution < -0.4 is 16.0 Å². The van der Waals surface area contributed by atoms with Gasteiger partial charge in [0.1, 0.15) is 0 Å². The van der Waals surface area contributed by atoms with Crippen molar-refractivity contribution in [3.63, 3.8) is 0 Å². The van der Waals surface area contributed by atoms with E-state index in [9.17, 15) is 14.4 Å². The predicted molar refractivity (Wildman–Crippen MR) is 111 cm³/mol. The Kier molecular flexibility index (Phi) is 5.36. The number of carbonyl (C=O) groups is 3. The van der Waals surface area contributed by atoms with Crippen molar-refractivity contribution in [2.75, 3.05) is 10.6 Å². The number of hydrogen-bond donors (Lipinski definition) is 3. The normalized spacial score (nSPS) is 11.2. The first-order chi connectivity index (χ1) is 13.6. The average molecular weight is 393 g/mol. The number of nitrogens with zero attached hydrogens (tertiary/aromatic N) is 2. The fourth-order valence-electron chi connectivity index (χ4n) is 2.83. The number of hydrogen-bond acceptors (Lipinski definition) is 4. The van der Waals surface area contributed by atoms with Gasteiger partial charge in [0.2, 0.25) is 11.7 Å². The van der Waals surface area contributed by atoms with Gasteiger partial charge in [0, 0.05) is 30.0 Å². The molecule has 0 aliphatic rings. The number of imidazole rings is 1. The van der Waals surface area contributed by atoms with Gasteiger partial charge < -0.3 is 16.0 Å². The van der Waals surface area contributed by atoms with Gasteiger partial charge in [-0.15, -0.1) is 0 Å². The Balaban J connectivity index is 1.93. The third-order valence-corrected chi connectivity index (χ3v) is 3.90. The molecule has 3 N–H and O–H groups in total. The van der Waals surface area contributed by atoms with E-state index in [1.807, 2.05) is 20.8 Å². The number of benzene rings is 1. The van der Waals surface area contributed by atoms with Crippen LogP contribution in [0.4, 0.5) is 11.4 Å². The number of amides is 3. The summed E-state index contributed by atoms with van der Waals surface area (Å²) in [5.41, 5.74) is 1.27. The van der Waals surface area contributed by atoms with Crippen molar-refractivity contribution < 1.29 is 14.4 Å². The summed E-state index contributed by atoms with van der Waals surface area (Å²) in [7, 11) is 0. The van der Waals surface area contributed by atoms with Crippen molar-refractivity contribution in [3.8, 4) is 0 Å². The summed E-state index contributed by atoms with van der Waals surface area (Å²) >= 11 is 0. The van der Waals surface area contributed by atoms with Crippen molar-refractivity contribution in [2.24, 2.45) is 0 Å². The molecule has 0 radical (unpaired) electrons. The maximum absolute atomic E-state index is 12.9. The first-order valence-electron chi connectivity index (χ1n) is 9.13. The van der Waals surface area contributed by atoms with Gasteiger partial charge in [0.05, 0.1) is 5.52 Å². The highest BCUT2D eigenvalue weighted by molar-refractivity contribution is 6.09. The molecule has 3 rings (SSSR count). The van der Waals surface area contributed by atoms with Crippen LogP contribution in [0.1, 0.15) is 48.8 Å². The van der Waals surface area contributed by atoms with E-state index in [1.165, 1.54) is 6.92 Å². The molecule has 1 aromatic carbocycles. The summed E-state index contributed by atoms with van der Waals surface area (Å²) in [6.07, 6.45) is 1.69. The number of nitrogens with one attached hydrogen (secondary N) is 3. The topological polar surface area (TPSA) is 105 Å². The molecule has 3 aromatic rings. The lowest BCUT2D eigenvalue weighted by Gasteiger charge is -2.19. The monoisotopic (exact) mass is 393 g/mol. The lowest BCUT2D eigenvalue weighted by atomic mass is 10.1. The number of anilines is 2. The fraction of sp³-hybridized carbons (Fsp3) is 0.238. The number of carbonyl (C=O) groups excluding carboxylic acids is 3. The Morgan fingerprint density at radius 1 is 0.931 bits per heavy atom. The summed E-state index contributed by atoms with van der Waals surface area (Å²) < 4.78 is 1.59. The van der Waals surface area contributed by atoms with Gasteiger partial charge in [-0.05, 0) is 51.1 Å². The first-order valence-corrected chi connectivity index (χ1v) is 9.13. The lowest BCUT2D eigenvalue weighted by Crippen LogP contribution is -2.41. The van der Waals surface area contributed by atoms with Crippen LogP contribution in [0.3, 0.4) is 0 Å². The molecule has 0 unspecified atom stereocenters. The molecule has 0 spiro atoms. The minimum absolute atomic E-state index is 0.132. The second-order valence-electron chi connectivity index (χ2n) is 7.66. The van der Waals surface area contributed by atoms with Crippen molar-refractivity contribution in [1.29, 1.82) is 0 Å². The van der Waals surface area contributed by atoms with Crippen LogP contribution in [0.5, 0.6) is 0 Å². The zero-order valence-electron chi connectivity index (χ0n) is 16.7. The van der Waals surface area contributed by atoms with E-state index in [1.54, 1.807) is 53.1 Å². The fourth-order valence-corrected chi connectivity index (χ4v) is 2.83. The Bertz CT molecular complexity index is 1100. The SMILES string of the molecule is CC(=O)Nc1cccc(NC(=O)c2nc(C(=O)NC(C)(C)C)n3ccccc23)c1. The molecule has 0 saturated heterocycles. The van der Waals surface area contributed by atoms with E-state index in [2.05, 4.69) is 20.9 Å². The van der Waals surface area contributed by atoms with Gasteiger partial charge in [0.25, 0.3) is 11.8 Å². The molecule has 0 saturated carbocycles. The van der Waals surface area contributed by atoms with E-state index < -0.39 is 11.4 Å². The third-order valence-electron chi connectivity index (χ3n) is 3.90. The number of pyridine rings is 1. The highest BCUT2D eigenvalue weighted by atomic mass is 16.2. The first kappa shape index (κ1) is 20.1. The molecule has 0 aliphatic carbocycles. The predicted octanol–water partition coefficient (Wildman–Crippen LogP) is 3.07. The van der Waals surface area contributed by atoms with Crippen LogP contribution in [-0.4, -0.2) is 32.6 Å². The lowest BCUT2D eigenvalue weighted by molar-refractivity contribution is -0.114. The maximum Gasteiger partial charge on any atom is 0.288 e. The van der Waals surface area contributed by atoms with E-state index in [4.69, 9.17) is 0 Å². The Labute approximate surface area is 168 Å². The summed E-state index contributed by atoms with van der Waals surface area (Å²) in [6, 6.07) is 12.0. The van der Waals surface area contributed by atoms with Crippen LogP contribution in [0, 0.1) is 0 Å². The zero-order valence-corrected chi connectivity index (χ0v) is 16.7. The van der Waals surface area contributed by atoms with E-state index in [0.717, 1.165) is 0 Å². The third kappa shape index (κ3) is 4.78. The number of rotatable bonds is 4. The minimum atomic E-state index is -0.455. The van der Waals surface area contributed by atoms with E-state index in [0.29, 0.717) is 16.9 Å². The second-order valence-corrected chi connectivity index (χ2v) is 7.66. The summed E-state index contributed by atoms with van der Waals surface area (Å²) in [4.78, 5) is 41.1. The molecule has 29 heavy (non-hydrogen) atoms. The van der Waals surface area contributed by atoms with Crippen molar-refractivity contribution >= 4 is 34.6 Å². The van der Waals surface area contributed by atoms with Gasteiger partial charge in [-0.2, -0.15) is 0 Å². The average Bonchev–Trinajstić information content (AvgIpc) is 3.00. The standard InChI is InChI=1S/C21H23N5O3/c1-13(27)22-14-8-7-9-15(12-14)23-19(28)17-16-10-5-6-11-26(16)18(24-17)20(29)25-21(2,3)4/h5-12H,1-4H3,(H,22,27)(H,23,28)(H,25,29). The Morgan fingerprint density at radius 2 is 1.62 bits per heavy atom. The molecular weight excluding hydrogens is 370 g/mol.